The van der Waals surface area contributed by atoms with Crippen molar-refractivity contribution in [1.29, 1.82) is 0 Å². The van der Waals surface area contributed by atoms with E-state index in [1.807, 2.05) is 25.1 Å². The molecule has 0 radical (unpaired) electrons. The van der Waals surface area contributed by atoms with Gasteiger partial charge in [0, 0.05) is 17.3 Å². The van der Waals surface area contributed by atoms with Gasteiger partial charge in [-0.1, -0.05) is 45.0 Å². The van der Waals surface area contributed by atoms with Gasteiger partial charge < -0.3 is 5.32 Å². The average Bonchev–Trinajstić information content (AvgIpc) is 2.37. The Morgan fingerprint density at radius 1 is 1.00 bits per heavy atom. The predicted octanol–water partition coefficient (Wildman–Crippen LogP) is 5.44. The second kappa shape index (κ2) is 5.84. The normalized spacial score (nSPS) is 13.0. The fourth-order valence-electron chi connectivity index (χ4n) is 2.43. The van der Waals surface area contributed by atoms with E-state index in [1.54, 1.807) is 0 Å². The molecular weight excluding hydrogens is 268 g/mol. The lowest BCUT2D eigenvalue weighted by atomic mass is 9.85. The van der Waals surface area contributed by atoms with Crippen LogP contribution in [-0.2, 0) is 5.41 Å². The monoisotopic (exact) mass is 289 g/mol. The van der Waals surface area contributed by atoms with Crippen molar-refractivity contribution in [2.75, 3.05) is 5.32 Å². The van der Waals surface area contributed by atoms with Crippen molar-refractivity contribution in [2.45, 2.75) is 39.2 Å². The van der Waals surface area contributed by atoms with Crippen LogP contribution in [0.4, 0.5) is 14.5 Å². The first kappa shape index (κ1) is 15.5. The van der Waals surface area contributed by atoms with Gasteiger partial charge in [-0.2, -0.15) is 0 Å². The highest BCUT2D eigenvalue weighted by Gasteiger charge is 2.19. The third-order valence-electron chi connectivity index (χ3n) is 3.54. The van der Waals surface area contributed by atoms with E-state index >= 15 is 0 Å². The minimum atomic E-state index is -0.557. The fraction of sp³-hybridized carbons (Fsp3) is 0.333. The molecule has 2 aromatic rings. The van der Waals surface area contributed by atoms with Gasteiger partial charge in [0.05, 0.1) is 6.04 Å². The van der Waals surface area contributed by atoms with E-state index < -0.39 is 11.6 Å². The Morgan fingerprint density at radius 2 is 1.67 bits per heavy atom. The second-order valence-corrected chi connectivity index (χ2v) is 6.33. The molecule has 21 heavy (non-hydrogen) atoms. The zero-order valence-electron chi connectivity index (χ0n) is 12.9. The minimum absolute atomic E-state index is 0.00927. The summed E-state index contributed by atoms with van der Waals surface area (Å²) in [5, 5.41) is 3.33. The first-order valence-electron chi connectivity index (χ1n) is 7.10. The summed E-state index contributed by atoms with van der Waals surface area (Å²) in [6.07, 6.45) is 0. The van der Waals surface area contributed by atoms with E-state index in [0.29, 0.717) is 5.56 Å². The summed E-state index contributed by atoms with van der Waals surface area (Å²) in [4.78, 5) is 0. The van der Waals surface area contributed by atoms with Gasteiger partial charge in [0.15, 0.2) is 0 Å². The number of anilines is 1. The largest absolute Gasteiger partial charge is 0.378 e. The van der Waals surface area contributed by atoms with Gasteiger partial charge >= 0.3 is 0 Å². The summed E-state index contributed by atoms with van der Waals surface area (Å²) in [5.74, 6) is -1.08. The molecule has 112 valence electrons. The minimum Gasteiger partial charge on any atom is -0.378 e. The maximum Gasteiger partial charge on any atom is 0.131 e. The summed E-state index contributed by atoms with van der Waals surface area (Å²) in [6, 6.07) is 11.4. The third kappa shape index (κ3) is 3.60. The van der Waals surface area contributed by atoms with Crippen molar-refractivity contribution < 1.29 is 8.78 Å². The van der Waals surface area contributed by atoms with Crippen LogP contribution in [0.5, 0.6) is 0 Å². The van der Waals surface area contributed by atoms with Crippen LogP contribution >= 0.6 is 0 Å². The van der Waals surface area contributed by atoms with Gasteiger partial charge in [-0.3, -0.25) is 0 Å². The summed E-state index contributed by atoms with van der Waals surface area (Å²) < 4.78 is 26.9. The van der Waals surface area contributed by atoms with Crippen LogP contribution in [0.2, 0.25) is 0 Å². The molecule has 0 saturated heterocycles. The van der Waals surface area contributed by atoms with Gasteiger partial charge in [0.1, 0.15) is 11.6 Å². The van der Waals surface area contributed by atoms with Gasteiger partial charge in [0.2, 0.25) is 0 Å². The number of hydrogen-bond acceptors (Lipinski definition) is 1. The number of halogens is 2. The standard InChI is InChI=1S/C18H21F2N/c1-12(14-10-9-13(19)11-16(14)20)21-17-8-6-5-7-15(17)18(2,3)4/h5-12,21H,1-4H3. The number of hydrogen-bond donors (Lipinski definition) is 1. The smallest absolute Gasteiger partial charge is 0.131 e. The maximum absolute atomic E-state index is 13.9. The Bertz CT molecular complexity index is 629. The van der Waals surface area contributed by atoms with E-state index in [2.05, 4.69) is 32.2 Å². The lowest BCUT2D eigenvalue weighted by molar-refractivity contribution is 0.565. The molecule has 1 atom stereocenters. The molecule has 1 nitrogen and oxygen atoms in total. The van der Waals surface area contributed by atoms with Crippen LogP contribution in [-0.4, -0.2) is 0 Å². The van der Waals surface area contributed by atoms with Gasteiger partial charge in [-0.25, -0.2) is 8.78 Å². The Balaban J connectivity index is 2.30. The first-order valence-corrected chi connectivity index (χ1v) is 7.10. The zero-order chi connectivity index (χ0) is 15.6. The molecule has 0 spiro atoms. The van der Waals surface area contributed by atoms with E-state index in [-0.39, 0.29) is 11.5 Å². The summed E-state index contributed by atoms with van der Waals surface area (Å²) >= 11 is 0. The second-order valence-electron chi connectivity index (χ2n) is 6.33. The number of rotatable bonds is 3. The van der Waals surface area contributed by atoms with Crippen LogP contribution in [0.15, 0.2) is 42.5 Å². The van der Waals surface area contributed by atoms with Crippen molar-refractivity contribution in [3.63, 3.8) is 0 Å². The van der Waals surface area contributed by atoms with Crippen LogP contribution in [0.1, 0.15) is 44.9 Å². The van der Waals surface area contributed by atoms with Crippen molar-refractivity contribution in [3.05, 3.63) is 65.2 Å². The molecule has 0 saturated carbocycles. The van der Waals surface area contributed by atoms with Crippen molar-refractivity contribution >= 4 is 5.69 Å². The Kier molecular flexibility index (Phi) is 4.31. The number of para-hydroxylation sites is 1. The molecule has 2 rings (SSSR count). The number of benzene rings is 2. The van der Waals surface area contributed by atoms with Crippen molar-refractivity contribution in [1.82, 2.24) is 0 Å². The zero-order valence-corrected chi connectivity index (χ0v) is 12.9. The topological polar surface area (TPSA) is 12.0 Å². The summed E-state index contributed by atoms with van der Waals surface area (Å²) in [5.41, 5.74) is 2.59. The molecule has 3 heteroatoms. The molecular formula is C18H21F2N. The molecule has 2 aromatic carbocycles. The van der Waals surface area contributed by atoms with Crippen LogP contribution < -0.4 is 5.32 Å². The molecule has 0 heterocycles. The first-order chi connectivity index (χ1) is 9.79. The van der Waals surface area contributed by atoms with Gasteiger partial charge in [0.25, 0.3) is 0 Å². The molecule has 0 bridgehead atoms. The quantitative estimate of drug-likeness (QED) is 0.793. The fourth-order valence-corrected chi connectivity index (χ4v) is 2.43. The highest BCUT2D eigenvalue weighted by molar-refractivity contribution is 5.55. The Labute approximate surface area is 125 Å². The van der Waals surface area contributed by atoms with Crippen LogP contribution in [0.3, 0.4) is 0 Å². The van der Waals surface area contributed by atoms with E-state index in [9.17, 15) is 8.78 Å². The average molecular weight is 289 g/mol. The highest BCUT2D eigenvalue weighted by atomic mass is 19.1. The Morgan fingerprint density at radius 3 is 2.29 bits per heavy atom. The van der Waals surface area contributed by atoms with E-state index in [4.69, 9.17) is 0 Å². The Hall–Kier alpha value is -1.90. The van der Waals surface area contributed by atoms with Crippen molar-refractivity contribution in [3.8, 4) is 0 Å². The SMILES string of the molecule is CC(Nc1ccccc1C(C)(C)C)c1ccc(F)cc1F. The van der Waals surface area contributed by atoms with E-state index in [0.717, 1.165) is 11.8 Å². The third-order valence-corrected chi connectivity index (χ3v) is 3.54. The summed E-state index contributed by atoms with van der Waals surface area (Å²) in [6.45, 7) is 8.28. The highest BCUT2D eigenvalue weighted by Crippen LogP contribution is 2.32. The molecule has 0 fully saturated rings. The van der Waals surface area contributed by atoms with Gasteiger partial charge in [-0.15, -0.1) is 0 Å². The van der Waals surface area contributed by atoms with Crippen molar-refractivity contribution in [2.24, 2.45) is 0 Å². The van der Waals surface area contributed by atoms with Crippen LogP contribution in [0.25, 0.3) is 0 Å². The predicted molar refractivity (Wildman–Crippen MR) is 83.5 cm³/mol. The lowest BCUT2D eigenvalue weighted by Gasteiger charge is -2.26. The maximum atomic E-state index is 13.9. The van der Waals surface area contributed by atoms with Crippen LogP contribution in [0, 0.1) is 11.6 Å². The molecule has 0 aliphatic carbocycles. The molecule has 0 aromatic heterocycles. The molecule has 0 amide bonds. The lowest BCUT2D eigenvalue weighted by Crippen LogP contribution is -2.17. The van der Waals surface area contributed by atoms with Gasteiger partial charge in [-0.05, 0) is 30.0 Å². The number of nitrogens with one attached hydrogen (secondary N) is 1. The van der Waals surface area contributed by atoms with E-state index in [1.165, 1.54) is 17.7 Å². The molecule has 0 aliphatic rings. The summed E-state index contributed by atoms with van der Waals surface area (Å²) in [7, 11) is 0. The molecule has 0 aliphatic heterocycles. The molecule has 1 unspecified atom stereocenters. The molecule has 1 N–H and O–H groups in total.